The van der Waals surface area contributed by atoms with Crippen LogP contribution in [0, 0.1) is 22.7 Å². The molecular formula is C43H54N8O8. The van der Waals surface area contributed by atoms with E-state index in [1.54, 1.807) is 74.8 Å². The van der Waals surface area contributed by atoms with Gasteiger partial charge in [0.1, 0.15) is 17.7 Å². The lowest BCUT2D eigenvalue weighted by atomic mass is 9.45. The molecule has 0 radical (unpaired) electrons. The van der Waals surface area contributed by atoms with Crippen LogP contribution in [0.5, 0.6) is 0 Å². The van der Waals surface area contributed by atoms with E-state index in [4.69, 9.17) is 9.47 Å². The number of carbonyl (C=O) groups is 4. The number of ether oxygens (including phenoxy) is 2. The number of aromatic nitrogens is 1. The summed E-state index contributed by atoms with van der Waals surface area (Å²) in [5, 5.41) is 32.0. The van der Waals surface area contributed by atoms with Crippen molar-refractivity contribution >= 4 is 41.7 Å². The maximum atomic E-state index is 13.9. The molecule has 2 aliphatic carbocycles. The summed E-state index contributed by atoms with van der Waals surface area (Å²) in [5.41, 5.74) is 0.468. The number of pyridine rings is 1. The van der Waals surface area contributed by atoms with E-state index >= 15 is 0 Å². The van der Waals surface area contributed by atoms with Gasteiger partial charge >= 0.3 is 11.9 Å². The lowest BCUT2D eigenvalue weighted by molar-refractivity contribution is -0.156. The van der Waals surface area contributed by atoms with Gasteiger partial charge in [-0.3, -0.25) is 30.0 Å². The van der Waals surface area contributed by atoms with Crippen molar-refractivity contribution in [3.63, 3.8) is 0 Å². The second-order valence-corrected chi connectivity index (χ2v) is 16.7. The molecule has 16 nitrogen and oxygen atoms in total. The molecule has 314 valence electrons. The first-order valence-electron chi connectivity index (χ1n) is 20.2. The third kappa shape index (κ3) is 7.93. The number of anilines is 1. The predicted octanol–water partition coefficient (Wildman–Crippen LogP) is 2.36. The van der Waals surface area contributed by atoms with Crippen LogP contribution < -0.4 is 16.0 Å². The van der Waals surface area contributed by atoms with Gasteiger partial charge in [0.25, 0.3) is 5.91 Å². The van der Waals surface area contributed by atoms with Crippen molar-refractivity contribution in [3.05, 3.63) is 84.0 Å². The van der Waals surface area contributed by atoms with Gasteiger partial charge in [-0.1, -0.05) is 38.1 Å². The van der Waals surface area contributed by atoms with Gasteiger partial charge in [-0.2, -0.15) is 0 Å². The number of nitrogens with zero attached hydrogens (tertiary/aromatic N) is 5. The van der Waals surface area contributed by atoms with E-state index in [0.29, 0.717) is 49.2 Å². The number of aliphatic imine (C=N–C) groups is 2. The van der Waals surface area contributed by atoms with Gasteiger partial charge in [-0.15, -0.1) is 0 Å². The summed E-state index contributed by atoms with van der Waals surface area (Å²) in [5.74, 6) is -1.29. The zero-order valence-electron chi connectivity index (χ0n) is 34.1. The number of guanidine groups is 1. The highest BCUT2D eigenvalue weighted by atomic mass is 16.5. The summed E-state index contributed by atoms with van der Waals surface area (Å²) in [4.78, 5) is 69.0. The van der Waals surface area contributed by atoms with Gasteiger partial charge in [0, 0.05) is 30.1 Å². The molecule has 1 aromatic heterocycles. The van der Waals surface area contributed by atoms with Gasteiger partial charge in [0.05, 0.1) is 43.5 Å². The number of aliphatic hydroxyl groups excluding tert-OH is 2. The number of amides is 2. The number of fused-ring (bicyclic) bond motifs is 2. The number of hydrogen-bond acceptors (Lipinski definition) is 14. The largest absolute Gasteiger partial charge is 0.464 e. The van der Waals surface area contributed by atoms with Crippen LogP contribution in [0.1, 0.15) is 53.4 Å². The van der Waals surface area contributed by atoms with E-state index in [1.807, 2.05) is 19.1 Å². The lowest BCUT2D eigenvalue weighted by Crippen LogP contribution is -2.62. The van der Waals surface area contributed by atoms with Crippen LogP contribution in [0.3, 0.4) is 0 Å². The second kappa shape index (κ2) is 16.8. The third-order valence-corrected chi connectivity index (χ3v) is 13.2. The standard InChI is InChI=1S/C43H54N8O8/c1-7-58-40(57)36-38(55)51-22-26(11-12-35(51)50(36)6)18-27-19-28(39(56)59-27)31(48-34-10-8-9-15-44-34)20-29-24(2)30(47-25(3)37(54)49-41-45-16-17-46-41)21-32-42(29,4)14-13-33(53)43(32,5)23-52/h8-12,15-16,18-19,22,25,29-33,35-36,47,52-53H,2,7,13-14,17,20-21,23H2,1,3-6H3,(H,44,48)(H,46,49,54)/b27-18+/t25?,29?,30?,31?,32?,33-,35?,36?,42-,43+/m1/s1. The Hall–Kier alpha value is -5.29. The summed E-state index contributed by atoms with van der Waals surface area (Å²) in [6.07, 6.45) is 12.7. The highest BCUT2D eigenvalue weighted by Crippen LogP contribution is 2.62. The molecule has 6 aliphatic rings. The molecule has 1 saturated heterocycles. The molecule has 16 heteroatoms. The Morgan fingerprint density at radius 1 is 1.24 bits per heavy atom. The third-order valence-electron chi connectivity index (χ3n) is 13.2. The Labute approximate surface area is 343 Å². The highest BCUT2D eigenvalue weighted by molar-refractivity contribution is 6.05. The van der Waals surface area contributed by atoms with Crippen molar-refractivity contribution in [2.24, 2.45) is 32.7 Å². The zero-order chi connectivity index (χ0) is 42.2. The molecule has 5 heterocycles. The molecule has 3 fully saturated rings. The molecule has 0 bridgehead atoms. The minimum atomic E-state index is -1.07. The Balaban J connectivity index is 1.20. The molecule has 7 unspecified atom stereocenters. The Bertz CT molecular complexity index is 2060. The summed E-state index contributed by atoms with van der Waals surface area (Å²) in [6.45, 7) is 12.5. The normalized spacial score (nSPS) is 33.1. The fraction of sp³-hybridized carbons (Fsp3) is 0.512. The average molecular weight is 811 g/mol. The van der Waals surface area contributed by atoms with Crippen molar-refractivity contribution in [2.45, 2.75) is 89.8 Å². The number of nitrogens with one attached hydrogen (secondary N) is 3. The molecule has 4 aliphatic heterocycles. The van der Waals surface area contributed by atoms with Crippen molar-refractivity contribution in [1.82, 2.24) is 25.4 Å². The molecule has 0 spiro atoms. The molecule has 59 heavy (non-hydrogen) atoms. The van der Waals surface area contributed by atoms with Crippen molar-refractivity contribution in [2.75, 3.05) is 32.1 Å². The maximum Gasteiger partial charge on any atom is 0.341 e. The summed E-state index contributed by atoms with van der Waals surface area (Å²) in [6, 6.07) is 2.71. The predicted molar refractivity (Wildman–Crippen MR) is 219 cm³/mol. The second-order valence-electron chi connectivity index (χ2n) is 16.7. The number of esters is 2. The van der Waals surface area contributed by atoms with Gasteiger partial charge in [0.15, 0.2) is 6.04 Å². The lowest BCUT2D eigenvalue weighted by Gasteiger charge is -2.62. The van der Waals surface area contributed by atoms with E-state index < -0.39 is 59.1 Å². The van der Waals surface area contributed by atoms with E-state index in [9.17, 15) is 29.4 Å². The Morgan fingerprint density at radius 2 is 2.03 bits per heavy atom. The number of aliphatic hydroxyl groups is 2. The first kappa shape index (κ1) is 41.9. The molecular weight excluding hydrogens is 757 g/mol. The zero-order valence-corrected chi connectivity index (χ0v) is 34.1. The number of allylic oxidation sites excluding steroid dienone is 4. The number of cyclic esters (lactones) is 1. The summed E-state index contributed by atoms with van der Waals surface area (Å²) < 4.78 is 11.0. The first-order valence-corrected chi connectivity index (χ1v) is 20.2. The van der Waals surface area contributed by atoms with E-state index in [-0.39, 0.29) is 48.7 Å². The van der Waals surface area contributed by atoms with Crippen molar-refractivity contribution < 1.29 is 38.9 Å². The van der Waals surface area contributed by atoms with Crippen LogP contribution in [-0.2, 0) is 28.7 Å². The Kier molecular flexibility index (Phi) is 11.9. The molecule has 2 saturated carbocycles. The maximum absolute atomic E-state index is 13.9. The quantitative estimate of drug-likeness (QED) is 0.117. The van der Waals surface area contributed by atoms with Crippen LogP contribution in [0.2, 0.25) is 0 Å². The molecule has 0 aromatic carbocycles. The first-order chi connectivity index (χ1) is 28.2. The number of carbonyl (C=O) groups excluding carboxylic acids is 4. The average Bonchev–Trinajstić information content (AvgIpc) is 3.93. The van der Waals surface area contributed by atoms with Gasteiger partial charge in [-0.25, -0.2) is 24.6 Å². The smallest absolute Gasteiger partial charge is 0.341 e. The molecule has 5 N–H and O–H groups in total. The minimum Gasteiger partial charge on any atom is -0.464 e. The minimum absolute atomic E-state index is 0.155. The summed E-state index contributed by atoms with van der Waals surface area (Å²) >= 11 is 0. The monoisotopic (exact) mass is 810 g/mol. The molecule has 1 aromatic rings. The van der Waals surface area contributed by atoms with E-state index in [2.05, 4.69) is 44.4 Å². The highest BCUT2D eigenvalue weighted by Gasteiger charge is 2.60. The number of likely N-dealkylation sites (N-methyl/N-ethyl adjacent to an activating group) is 1. The molecule has 2 amide bonds. The molecule has 7 rings (SSSR count). The fourth-order valence-electron chi connectivity index (χ4n) is 9.87. The van der Waals surface area contributed by atoms with Crippen molar-refractivity contribution in [1.29, 1.82) is 0 Å². The fourth-order valence-corrected chi connectivity index (χ4v) is 9.87. The number of hydrogen-bond donors (Lipinski definition) is 5. The van der Waals surface area contributed by atoms with E-state index in [0.717, 1.165) is 5.57 Å². The van der Waals surface area contributed by atoms with Gasteiger partial charge in [0.2, 0.25) is 11.9 Å². The van der Waals surface area contributed by atoms with E-state index in [1.165, 1.54) is 4.90 Å². The van der Waals surface area contributed by atoms with Crippen LogP contribution in [0.4, 0.5) is 5.82 Å². The van der Waals surface area contributed by atoms with Crippen LogP contribution in [0.15, 0.2) is 93.9 Å². The van der Waals surface area contributed by atoms with Crippen LogP contribution in [-0.4, -0.2) is 124 Å². The SMILES string of the molecule is C=C1C(NC(C)C(=O)NC2=NCC=N2)CC2[C@](C)(CC[C@@H](O)[C@@]2(C)CO)C1CC(Nc1ccccn1)C1=C/C(=C\C2=CN3C(=O)C(C(=O)OCC)N(C)C3C=C2)OC1=O. The van der Waals surface area contributed by atoms with Gasteiger partial charge in [-0.05, 0) is 99.8 Å². The Morgan fingerprint density at radius 3 is 2.73 bits per heavy atom. The topological polar surface area (TPSA) is 207 Å². The van der Waals surface area contributed by atoms with Crippen molar-refractivity contribution in [3.8, 4) is 0 Å². The van der Waals surface area contributed by atoms with Crippen LogP contribution in [0.25, 0.3) is 0 Å². The molecule has 10 atom stereocenters. The number of rotatable bonds is 12. The van der Waals surface area contributed by atoms with Crippen LogP contribution >= 0.6 is 0 Å². The summed E-state index contributed by atoms with van der Waals surface area (Å²) in [7, 11) is 1.69. The van der Waals surface area contributed by atoms with Gasteiger partial charge < -0.3 is 25.0 Å².